The molecule has 0 aliphatic carbocycles. The number of fused-ring (bicyclic) bond motifs is 1. The second-order valence-electron chi connectivity index (χ2n) is 7.85. The van der Waals surface area contributed by atoms with E-state index in [0.717, 1.165) is 16.5 Å². The highest BCUT2D eigenvalue weighted by Gasteiger charge is 2.18. The fourth-order valence-corrected chi connectivity index (χ4v) is 4.03. The van der Waals surface area contributed by atoms with Gasteiger partial charge >= 0.3 is 0 Å². The molecule has 0 aliphatic heterocycles. The summed E-state index contributed by atoms with van der Waals surface area (Å²) in [6, 6.07) is 18.4. The van der Waals surface area contributed by atoms with E-state index in [9.17, 15) is 4.79 Å². The first-order valence-corrected chi connectivity index (χ1v) is 11.2. The molecular weight excluding hydrogens is 460 g/mol. The maximum absolute atomic E-state index is 13.4. The first-order valence-electron chi connectivity index (χ1n) is 11.2. The number of ether oxygens (including phenoxy) is 5. The van der Waals surface area contributed by atoms with Crippen molar-refractivity contribution < 1.29 is 28.5 Å². The van der Waals surface area contributed by atoms with Gasteiger partial charge in [0.15, 0.2) is 11.5 Å². The van der Waals surface area contributed by atoms with E-state index in [-0.39, 0.29) is 12.5 Å². The van der Waals surface area contributed by atoms with Crippen LogP contribution in [0, 0.1) is 0 Å². The van der Waals surface area contributed by atoms with Crippen LogP contribution in [0.2, 0.25) is 0 Å². The van der Waals surface area contributed by atoms with Crippen LogP contribution in [-0.2, 0) is 6.54 Å². The molecule has 0 fully saturated rings. The summed E-state index contributed by atoms with van der Waals surface area (Å²) in [7, 11) is 7.85. The summed E-state index contributed by atoms with van der Waals surface area (Å²) in [5.41, 5.74) is 3.29. The predicted octanol–water partition coefficient (Wildman–Crippen LogP) is 4.87. The first-order chi connectivity index (χ1) is 17.5. The zero-order chi connectivity index (χ0) is 25.7. The number of nitrogens with zero attached hydrogens (tertiary/aromatic N) is 1. The number of nitrogens with one attached hydrogen (secondary N) is 1. The summed E-state index contributed by atoms with van der Waals surface area (Å²) < 4.78 is 27.2. The molecule has 4 rings (SSSR count). The number of pyridine rings is 1. The van der Waals surface area contributed by atoms with Crippen molar-refractivity contribution in [3.05, 3.63) is 71.8 Å². The van der Waals surface area contributed by atoms with Gasteiger partial charge in [-0.15, -0.1) is 0 Å². The number of amides is 1. The molecule has 36 heavy (non-hydrogen) atoms. The summed E-state index contributed by atoms with van der Waals surface area (Å²) in [5.74, 6) is 2.57. The van der Waals surface area contributed by atoms with Crippen LogP contribution in [-0.4, -0.2) is 46.4 Å². The van der Waals surface area contributed by atoms with Crippen molar-refractivity contribution in [3.8, 4) is 40.0 Å². The number of benzene rings is 3. The molecule has 1 amide bonds. The Labute approximate surface area is 209 Å². The Morgan fingerprint density at radius 2 is 1.47 bits per heavy atom. The Hall–Kier alpha value is -4.46. The van der Waals surface area contributed by atoms with Crippen molar-refractivity contribution in [1.29, 1.82) is 0 Å². The van der Waals surface area contributed by atoms with Crippen LogP contribution in [0.4, 0.5) is 0 Å². The second kappa shape index (κ2) is 10.9. The van der Waals surface area contributed by atoms with Crippen molar-refractivity contribution in [1.82, 2.24) is 10.3 Å². The first kappa shape index (κ1) is 24.7. The average molecular weight is 489 g/mol. The van der Waals surface area contributed by atoms with Gasteiger partial charge < -0.3 is 29.0 Å². The summed E-state index contributed by atoms with van der Waals surface area (Å²) in [6.07, 6.45) is 0. The zero-order valence-corrected chi connectivity index (χ0v) is 20.9. The molecule has 0 spiro atoms. The Bertz CT molecular complexity index is 1380. The molecule has 4 aromatic rings. The monoisotopic (exact) mass is 488 g/mol. The molecule has 8 heteroatoms. The Morgan fingerprint density at radius 3 is 2.11 bits per heavy atom. The van der Waals surface area contributed by atoms with Crippen LogP contribution < -0.4 is 29.0 Å². The standard InChI is InChI=1S/C28H28N2O6/c1-32-19-10-11-24(33-2)18(12-19)16-29-28(31)21-15-23(30-22-9-7-6-8-20(21)22)17-13-25(34-3)27(36-5)26(14-17)35-4/h6-15H,16H2,1-5H3,(H,29,31). The van der Waals surface area contributed by atoms with Crippen molar-refractivity contribution in [2.24, 2.45) is 0 Å². The van der Waals surface area contributed by atoms with E-state index in [1.165, 1.54) is 0 Å². The predicted molar refractivity (Wildman–Crippen MR) is 138 cm³/mol. The number of methoxy groups -OCH3 is 5. The number of para-hydroxylation sites is 1. The third-order valence-electron chi connectivity index (χ3n) is 5.85. The highest BCUT2D eigenvalue weighted by molar-refractivity contribution is 6.07. The maximum atomic E-state index is 13.4. The molecule has 0 unspecified atom stereocenters. The van der Waals surface area contributed by atoms with Gasteiger partial charge in [-0.1, -0.05) is 18.2 Å². The molecule has 0 radical (unpaired) electrons. The molecule has 0 saturated heterocycles. The minimum Gasteiger partial charge on any atom is -0.497 e. The summed E-state index contributed by atoms with van der Waals surface area (Å²) in [5, 5.41) is 3.74. The molecule has 0 atom stereocenters. The van der Waals surface area contributed by atoms with Gasteiger partial charge in [-0.05, 0) is 42.5 Å². The lowest BCUT2D eigenvalue weighted by molar-refractivity contribution is 0.0952. The van der Waals surface area contributed by atoms with Gasteiger partial charge in [0.25, 0.3) is 5.91 Å². The van der Waals surface area contributed by atoms with E-state index in [4.69, 9.17) is 28.7 Å². The van der Waals surface area contributed by atoms with Crippen LogP contribution in [0.3, 0.4) is 0 Å². The third kappa shape index (κ3) is 4.84. The fraction of sp³-hybridized carbons (Fsp3) is 0.214. The number of hydrogen-bond acceptors (Lipinski definition) is 7. The quantitative estimate of drug-likeness (QED) is 0.359. The third-order valence-corrected chi connectivity index (χ3v) is 5.85. The lowest BCUT2D eigenvalue weighted by Crippen LogP contribution is -2.23. The zero-order valence-electron chi connectivity index (χ0n) is 20.9. The molecule has 186 valence electrons. The van der Waals surface area contributed by atoms with Crippen LogP contribution in [0.5, 0.6) is 28.7 Å². The molecule has 3 aromatic carbocycles. The summed E-state index contributed by atoms with van der Waals surface area (Å²) in [4.78, 5) is 18.2. The minimum atomic E-state index is -0.243. The molecule has 1 N–H and O–H groups in total. The minimum absolute atomic E-state index is 0.243. The van der Waals surface area contributed by atoms with E-state index in [2.05, 4.69) is 5.32 Å². The van der Waals surface area contributed by atoms with E-state index >= 15 is 0 Å². The van der Waals surface area contributed by atoms with Gasteiger partial charge in [0.05, 0.1) is 52.3 Å². The van der Waals surface area contributed by atoms with Crippen LogP contribution >= 0.6 is 0 Å². The number of carbonyl (C=O) groups excluding carboxylic acids is 1. The number of rotatable bonds is 9. The largest absolute Gasteiger partial charge is 0.497 e. The number of carbonyl (C=O) groups is 1. The Balaban J connectivity index is 1.75. The molecule has 8 nitrogen and oxygen atoms in total. The molecular formula is C28H28N2O6. The molecule has 0 aliphatic rings. The number of aromatic nitrogens is 1. The van der Waals surface area contributed by atoms with Crippen molar-refractivity contribution in [2.75, 3.05) is 35.5 Å². The summed E-state index contributed by atoms with van der Waals surface area (Å²) in [6.45, 7) is 0.259. The molecule has 0 bridgehead atoms. The van der Waals surface area contributed by atoms with Gasteiger partial charge in [0, 0.05) is 23.1 Å². The Kier molecular flexibility index (Phi) is 7.44. The molecule has 1 heterocycles. The van der Waals surface area contributed by atoms with E-state index in [1.807, 2.05) is 42.5 Å². The SMILES string of the molecule is COc1ccc(OC)c(CNC(=O)c2cc(-c3cc(OC)c(OC)c(OC)c3)nc3ccccc23)c1. The number of hydrogen-bond donors (Lipinski definition) is 1. The lowest BCUT2D eigenvalue weighted by Gasteiger charge is -2.15. The van der Waals surface area contributed by atoms with Crippen LogP contribution in [0.15, 0.2) is 60.7 Å². The highest BCUT2D eigenvalue weighted by atomic mass is 16.5. The van der Waals surface area contributed by atoms with E-state index in [0.29, 0.717) is 45.5 Å². The van der Waals surface area contributed by atoms with Gasteiger partial charge in [-0.3, -0.25) is 4.79 Å². The second-order valence-corrected chi connectivity index (χ2v) is 7.85. The normalized spacial score (nSPS) is 10.6. The maximum Gasteiger partial charge on any atom is 0.252 e. The average Bonchev–Trinajstić information content (AvgIpc) is 2.94. The Morgan fingerprint density at radius 1 is 0.778 bits per heavy atom. The topological polar surface area (TPSA) is 88.1 Å². The van der Waals surface area contributed by atoms with Crippen LogP contribution in [0.25, 0.3) is 22.2 Å². The van der Waals surface area contributed by atoms with E-state index < -0.39 is 0 Å². The van der Waals surface area contributed by atoms with Crippen molar-refractivity contribution in [3.63, 3.8) is 0 Å². The van der Waals surface area contributed by atoms with Gasteiger partial charge in [0.2, 0.25) is 5.75 Å². The molecule has 1 aromatic heterocycles. The van der Waals surface area contributed by atoms with Gasteiger partial charge in [-0.2, -0.15) is 0 Å². The highest BCUT2D eigenvalue weighted by Crippen LogP contribution is 2.41. The van der Waals surface area contributed by atoms with Crippen molar-refractivity contribution >= 4 is 16.8 Å². The fourth-order valence-electron chi connectivity index (χ4n) is 4.03. The van der Waals surface area contributed by atoms with Gasteiger partial charge in [-0.25, -0.2) is 4.98 Å². The van der Waals surface area contributed by atoms with Crippen molar-refractivity contribution in [2.45, 2.75) is 6.54 Å². The smallest absolute Gasteiger partial charge is 0.252 e. The van der Waals surface area contributed by atoms with E-state index in [1.54, 1.807) is 53.7 Å². The summed E-state index contributed by atoms with van der Waals surface area (Å²) >= 11 is 0. The molecule has 0 saturated carbocycles. The van der Waals surface area contributed by atoms with Gasteiger partial charge in [0.1, 0.15) is 11.5 Å². The lowest BCUT2D eigenvalue weighted by atomic mass is 10.0. The van der Waals surface area contributed by atoms with Crippen LogP contribution in [0.1, 0.15) is 15.9 Å².